The smallest absolute Gasteiger partial charge is 0.471 e. The van der Waals surface area contributed by atoms with Crippen molar-refractivity contribution >= 4 is 33.2 Å². The Balaban J connectivity index is 2.00. The first kappa shape index (κ1) is 24.2. The molecule has 0 heterocycles. The van der Waals surface area contributed by atoms with Crippen LogP contribution in [0.5, 0.6) is 5.75 Å². The number of fused-ring (bicyclic) bond motifs is 1. The molecule has 0 N–H and O–H groups in total. The van der Waals surface area contributed by atoms with Gasteiger partial charge in [0.15, 0.2) is 0 Å². The van der Waals surface area contributed by atoms with Crippen molar-refractivity contribution < 1.29 is 31.1 Å². The predicted octanol–water partition coefficient (Wildman–Crippen LogP) is 4.05. The highest BCUT2D eigenvalue weighted by Crippen LogP contribution is 2.37. The average Bonchev–Trinajstić information content (AvgIpc) is 2.76. The first-order valence-corrected chi connectivity index (χ1v) is 11.5. The van der Waals surface area contributed by atoms with E-state index in [0.717, 1.165) is 11.4 Å². The number of anilines is 1. The second-order valence-electron chi connectivity index (χ2n) is 7.48. The third kappa shape index (κ3) is 4.52. The van der Waals surface area contributed by atoms with Gasteiger partial charge in [0, 0.05) is 30.7 Å². The summed E-state index contributed by atoms with van der Waals surface area (Å²) in [6, 6.07) is 8.47. The quantitative estimate of drug-likeness (QED) is 0.634. The van der Waals surface area contributed by atoms with Crippen molar-refractivity contribution in [1.29, 1.82) is 0 Å². The minimum Gasteiger partial charge on any atom is -0.496 e. The molecule has 1 unspecified atom stereocenters. The Morgan fingerprint density at radius 3 is 2.28 bits per heavy atom. The van der Waals surface area contributed by atoms with Crippen molar-refractivity contribution in [2.24, 2.45) is 0 Å². The summed E-state index contributed by atoms with van der Waals surface area (Å²) in [5, 5.41) is 0.463. The molecular formula is C21H22ClF3N2O4S. The number of amides is 1. The summed E-state index contributed by atoms with van der Waals surface area (Å²) < 4.78 is 71.9. The molecule has 11 heteroatoms. The third-order valence-electron chi connectivity index (χ3n) is 5.67. The van der Waals surface area contributed by atoms with Crippen LogP contribution in [0.3, 0.4) is 0 Å². The molecule has 0 radical (unpaired) electrons. The minimum absolute atomic E-state index is 0.0465. The number of benzene rings is 2. The van der Waals surface area contributed by atoms with Gasteiger partial charge in [-0.2, -0.15) is 13.2 Å². The molecule has 0 fully saturated rings. The summed E-state index contributed by atoms with van der Waals surface area (Å²) in [5.41, 5.74) is 1.37. The first-order chi connectivity index (χ1) is 14.9. The molecule has 2 aromatic carbocycles. The van der Waals surface area contributed by atoms with Crippen molar-refractivity contribution in [3.05, 3.63) is 52.5 Å². The number of nitrogens with zero attached hydrogens (tertiary/aromatic N) is 2. The molecule has 0 bridgehead atoms. The van der Waals surface area contributed by atoms with E-state index in [1.807, 2.05) is 0 Å². The molecule has 174 valence electrons. The Kier molecular flexibility index (Phi) is 6.67. The normalized spacial score (nSPS) is 16.3. The van der Waals surface area contributed by atoms with E-state index in [-0.39, 0.29) is 24.2 Å². The maximum absolute atomic E-state index is 13.4. The second kappa shape index (κ2) is 8.82. The minimum atomic E-state index is -4.98. The number of rotatable bonds is 5. The van der Waals surface area contributed by atoms with Crippen LogP contribution in [-0.4, -0.2) is 52.6 Å². The van der Waals surface area contributed by atoms with Crippen molar-refractivity contribution in [3.63, 3.8) is 0 Å². The Labute approximate surface area is 189 Å². The topological polar surface area (TPSA) is 66.9 Å². The van der Waals surface area contributed by atoms with Crippen LogP contribution < -0.4 is 9.04 Å². The van der Waals surface area contributed by atoms with Crippen LogP contribution in [0.4, 0.5) is 18.9 Å². The maximum atomic E-state index is 13.4. The molecule has 2 aromatic rings. The summed E-state index contributed by atoms with van der Waals surface area (Å²) in [6.07, 6.45) is -4.57. The number of hydrogen-bond donors (Lipinski definition) is 0. The fourth-order valence-corrected chi connectivity index (χ4v) is 5.46. The van der Waals surface area contributed by atoms with Gasteiger partial charge in [-0.25, -0.2) is 8.42 Å². The van der Waals surface area contributed by atoms with Gasteiger partial charge in [-0.05, 0) is 61.2 Å². The molecule has 0 spiro atoms. The third-order valence-corrected chi connectivity index (χ3v) is 7.79. The van der Waals surface area contributed by atoms with Crippen LogP contribution in [0.2, 0.25) is 5.02 Å². The number of methoxy groups -OCH3 is 1. The molecule has 0 saturated carbocycles. The van der Waals surface area contributed by atoms with Gasteiger partial charge >= 0.3 is 12.1 Å². The fraction of sp³-hybridized carbons (Fsp3) is 0.381. The highest BCUT2D eigenvalue weighted by atomic mass is 35.5. The van der Waals surface area contributed by atoms with Gasteiger partial charge in [-0.15, -0.1) is 0 Å². The fourth-order valence-electron chi connectivity index (χ4n) is 3.86. The number of likely N-dealkylation sites (N-methyl/N-ethyl adjacent to an activating group) is 1. The van der Waals surface area contributed by atoms with Crippen LogP contribution >= 0.6 is 11.6 Å². The van der Waals surface area contributed by atoms with Crippen molar-refractivity contribution in [2.45, 2.75) is 36.4 Å². The van der Waals surface area contributed by atoms with E-state index in [2.05, 4.69) is 0 Å². The average molecular weight is 491 g/mol. The Bertz CT molecular complexity index is 1120. The van der Waals surface area contributed by atoms with E-state index in [1.165, 1.54) is 26.3 Å². The number of ether oxygens (including phenoxy) is 1. The van der Waals surface area contributed by atoms with E-state index in [1.54, 1.807) is 24.3 Å². The van der Waals surface area contributed by atoms with Gasteiger partial charge in [0.05, 0.1) is 17.7 Å². The first-order valence-electron chi connectivity index (χ1n) is 9.65. The van der Waals surface area contributed by atoms with Crippen LogP contribution in [0.25, 0.3) is 0 Å². The molecule has 6 nitrogen and oxygen atoms in total. The zero-order chi connectivity index (χ0) is 23.8. The van der Waals surface area contributed by atoms with E-state index < -0.39 is 28.1 Å². The molecule has 0 saturated heterocycles. The van der Waals surface area contributed by atoms with Crippen molar-refractivity contribution in [2.75, 3.05) is 25.5 Å². The van der Waals surface area contributed by atoms with Crippen molar-refractivity contribution in [1.82, 2.24) is 4.90 Å². The lowest BCUT2D eigenvalue weighted by molar-refractivity contribution is -0.186. The Morgan fingerprint density at radius 1 is 1.09 bits per heavy atom. The standard InChI is InChI=1S/C21H22ClF3N2O4S/c1-26(20(28)21(23,24)25)15-8-9-16-17(12-15)18(31-3)10-11-19(16)32(29,30)27(2)14-6-4-13(22)5-7-14/h4-7,10-11,15H,8-9,12H2,1-3H3. The Hall–Kier alpha value is -2.46. The molecule has 1 amide bonds. The van der Waals surface area contributed by atoms with Gasteiger partial charge in [-0.1, -0.05) is 11.6 Å². The van der Waals surface area contributed by atoms with Gasteiger partial charge in [0.25, 0.3) is 10.0 Å². The molecule has 0 aromatic heterocycles. The second-order valence-corrected chi connectivity index (χ2v) is 9.86. The van der Waals surface area contributed by atoms with Crippen LogP contribution in [0.15, 0.2) is 41.3 Å². The SMILES string of the molecule is COc1ccc(S(=O)(=O)N(C)c2ccc(Cl)cc2)c2c1CC(N(C)C(=O)C(F)(F)F)CC2. The highest BCUT2D eigenvalue weighted by Gasteiger charge is 2.44. The highest BCUT2D eigenvalue weighted by molar-refractivity contribution is 7.92. The van der Waals surface area contributed by atoms with Gasteiger partial charge < -0.3 is 9.64 Å². The summed E-state index contributed by atoms with van der Waals surface area (Å²) in [7, 11) is -0.0565. The lowest BCUT2D eigenvalue weighted by Gasteiger charge is -2.34. The lowest BCUT2D eigenvalue weighted by Crippen LogP contribution is -2.47. The molecular weight excluding hydrogens is 469 g/mol. The number of hydrogen-bond acceptors (Lipinski definition) is 4. The molecule has 1 atom stereocenters. The largest absolute Gasteiger partial charge is 0.496 e. The molecule has 1 aliphatic carbocycles. The summed E-state index contributed by atoms with van der Waals surface area (Å²) in [4.78, 5) is 12.4. The predicted molar refractivity (Wildman–Crippen MR) is 115 cm³/mol. The van der Waals surface area contributed by atoms with E-state index in [9.17, 15) is 26.4 Å². The summed E-state index contributed by atoms with van der Waals surface area (Å²) in [6.45, 7) is 0. The number of alkyl halides is 3. The van der Waals surface area contributed by atoms with E-state index in [0.29, 0.717) is 32.5 Å². The lowest BCUT2D eigenvalue weighted by atomic mass is 9.86. The molecule has 32 heavy (non-hydrogen) atoms. The zero-order valence-electron chi connectivity index (χ0n) is 17.6. The number of halogens is 4. The monoisotopic (exact) mass is 490 g/mol. The van der Waals surface area contributed by atoms with Crippen LogP contribution in [-0.2, 0) is 27.7 Å². The molecule has 3 rings (SSSR count). The van der Waals surface area contributed by atoms with Gasteiger partial charge in [-0.3, -0.25) is 9.10 Å². The van der Waals surface area contributed by atoms with Crippen LogP contribution in [0.1, 0.15) is 17.5 Å². The maximum Gasteiger partial charge on any atom is 0.471 e. The van der Waals surface area contributed by atoms with Gasteiger partial charge in [0.2, 0.25) is 0 Å². The zero-order valence-corrected chi connectivity index (χ0v) is 19.2. The van der Waals surface area contributed by atoms with Gasteiger partial charge in [0.1, 0.15) is 5.75 Å². The summed E-state index contributed by atoms with van der Waals surface area (Å²) in [5.74, 6) is -1.57. The van der Waals surface area contributed by atoms with E-state index in [4.69, 9.17) is 16.3 Å². The molecule has 1 aliphatic rings. The van der Waals surface area contributed by atoms with E-state index >= 15 is 0 Å². The number of carbonyl (C=O) groups excluding carboxylic acids is 1. The Morgan fingerprint density at radius 2 is 1.72 bits per heavy atom. The number of sulfonamides is 1. The number of carbonyl (C=O) groups is 1. The van der Waals surface area contributed by atoms with Crippen LogP contribution in [0, 0.1) is 0 Å². The molecule has 0 aliphatic heterocycles. The van der Waals surface area contributed by atoms with Crippen molar-refractivity contribution in [3.8, 4) is 5.75 Å². The summed E-state index contributed by atoms with van der Waals surface area (Å²) >= 11 is 5.89.